The molecule has 1 aromatic carbocycles. The predicted octanol–water partition coefficient (Wildman–Crippen LogP) is 1.94. The molecular weight excluding hydrogens is 392 g/mol. The number of rotatable bonds is 6. The molecule has 1 atom stereocenters. The quantitative estimate of drug-likeness (QED) is 0.491. The Morgan fingerprint density at radius 3 is 2.76 bits per heavy atom. The topological polar surface area (TPSA) is 110 Å². The first-order valence-electron chi connectivity index (χ1n) is 9.02. The molecular formula is C19H18N6O3S. The molecule has 0 aliphatic carbocycles. The van der Waals surface area contributed by atoms with Crippen LogP contribution >= 0.6 is 11.3 Å². The van der Waals surface area contributed by atoms with Gasteiger partial charge in [-0.05, 0) is 53.6 Å². The zero-order valence-corrected chi connectivity index (χ0v) is 16.6. The number of imide groups is 1. The molecule has 4 rings (SSSR count). The lowest BCUT2D eigenvalue weighted by Gasteiger charge is -2.22. The number of hydrogen-bond donors (Lipinski definition) is 1. The first-order chi connectivity index (χ1) is 13.9. The number of amides is 3. The normalized spacial score (nSPS) is 18.9. The summed E-state index contributed by atoms with van der Waals surface area (Å²) >= 11 is 1.38. The van der Waals surface area contributed by atoms with Crippen LogP contribution in [-0.2, 0) is 16.8 Å². The van der Waals surface area contributed by atoms with Gasteiger partial charge in [0.2, 0.25) is 0 Å². The Balaban J connectivity index is 1.58. The highest BCUT2D eigenvalue weighted by Gasteiger charge is 2.49. The number of ketones is 1. The summed E-state index contributed by atoms with van der Waals surface area (Å²) in [6, 6.07) is 10.0. The van der Waals surface area contributed by atoms with Crippen LogP contribution in [0.2, 0.25) is 0 Å². The van der Waals surface area contributed by atoms with Crippen LogP contribution in [-0.4, -0.2) is 49.4 Å². The number of tetrazole rings is 1. The summed E-state index contributed by atoms with van der Waals surface area (Å²) in [5.41, 5.74) is -0.0648. The summed E-state index contributed by atoms with van der Waals surface area (Å²) in [5.74, 6) is -0.734. The van der Waals surface area contributed by atoms with E-state index in [0.29, 0.717) is 16.1 Å². The number of benzene rings is 1. The first kappa shape index (κ1) is 18.9. The monoisotopic (exact) mass is 410 g/mol. The van der Waals surface area contributed by atoms with Crippen molar-refractivity contribution in [2.24, 2.45) is 0 Å². The summed E-state index contributed by atoms with van der Waals surface area (Å²) in [6.45, 7) is 3.33. The molecule has 3 amide bonds. The van der Waals surface area contributed by atoms with Crippen molar-refractivity contribution in [1.29, 1.82) is 0 Å². The predicted molar refractivity (Wildman–Crippen MR) is 105 cm³/mol. The third kappa shape index (κ3) is 3.31. The number of carbonyl (C=O) groups excluding carboxylic acids is 3. The van der Waals surface area contributed by atoms with Crippen molar-refractivity contribution >= 4 is 29.1 Å². The smallest absolute Gasteiger partial charge is 0.319 e. The van der Waals surface area contributed by atoms with Crippen LogP contribution in [0.4, 0.5) is 4.79 Å². The molecule has 2 aromatic heterocycles. The van der Waals surface area contributed by atoms with Gasteiger partial charge >= 0.3 is 6.03 Å². The van der Waals surface area contributed by atoms with Crippen LogP contribution in [0.15, 0.2) is 42.7 Å². The molecule has 3 heterocycles. The summed E-state index contributed by atoms with van der Waals surface area (Å²) < 4.78 is 1.46. The molecule has 29 heavy (non-hydrogen) atoms. The van der Waals surface area contributed by atoms with E-state index in [1.807, 2.05) is 13.0 Å². The van der Waals surface area contributed by atoms with E-state index in [1.54, 1.807) is 37.3 Å². The highest BCUT2D eigenvalue weighted by molar-refractivity contribution is 7.14. The van der Waals surface area contributed by atoms with Crippen LogP contribution in [0.5, 0.6) is 0 Å². The Labute approximate surface area is 170 Å². The standard InChI is InChI=1S/C19H18N6O3S/c1-3-14-7-8-16(29-14)15(26)10-24-17(27)19(2,21-18(24)28)12-5-4-6-13(9-12)25-11-20-22-23-25/h4-9,11H,3,10H2,1-2H3,(H,21,28)/t19-/m1/s1. The molecule has 1 aliphatic rings. The van der Waals surface area contributed by atoms with Gasteiger partial charge < -0.3 is 5.32 Å². The third-order valence-corrected chi connectivity index (χ3v) is 6.17. The fourth-order valence-corrected chi connectivity index (χ4v) is 4.09. The zero-order valence-electron chi connectivity index (χ0n) is 15.8. The highest BCUT2D eigenvalue weighted by Crippen LogP contribution is 2.30. The van der Waals surface area contributed by atoms with Gasteiger partial charge in [0.1, 0.15) is 11.9 Å². The number of nitrogens with zero attached hydrogens (tertiary/aromatic N) is 5. The van der Waals surface area contributed by atoms with Crippen molar-refractivity contribution in [3.8, 4) is 5.69 Å². The van der Waals surface area contributed by atoms with Gasteiger partial charge in [-0.15, -0.1) is 16.4 Å². The van der Waals surface area contributed by atoms with Crippen LogP contribution in [0.25, 0.3) is 5.69 Å². The maximum atomic E-state index is 13.1. The number of Topliss-reactive ketones (excluding diaryl/α,β-unsaturated/α-hetero) is 1. The third-order valence-electron chi connectivity index (χ3n) is 4.90. The number of nitrogens with one attached hydrogen (secondary N) is 1. The van der Waals surface area contributed by atoms with E-state index < -0.39 is 17.5 Å². The zero-order chi connectivity index (χ0) is 20.6. The Bertz CT molecular complexity index is 1090. The minimum atomic E-state index is -1.29. The van der Waals surface area contributed by atoms with Gasteiger partial charge in [0.15, 0.2) is 5.78 Å². The lowest BCUT2D eigenvalue weighted by atomic mass is 9.91. The van der Waals surface area contributed by atoms with Crippen molar-refractivity contribution in [3.63, 3.8) is 0 Å². The lowest BCUT2D eigenvalue weighted by molar-refractivity contribution is -0.130. The van der Waals surface area contributed by atoms with Crippen molar-refractivity contribution in [1.82, 2.24) is 30.4 Å². The molecule has 0 unspecified atom stereocenters. The Hall–Kier alpha value is -3.40. The van der Waals surface area contributed by atoms with E-state index in [2.05, 4.69) is 20.8 Å². The molecule has 0 bridgehead atoms. The Morgan fingerprint density at radius 2 is 2.07 bits per heavy atom. The summed E-state index contributed by atoms with van der Waals surface area (Å²) in [6.07, 6.45) is 2.27. The Morgan fingerprint density at radius 1 is 1.24 bits per heavy atom. The van der Waals surface area contributed by atoms with Crippen molar-refractivity contribution in [2.45, 2.75) is 25.8 Å². The number of thiophene rings is 1. The van der Waals surface area contributed by atoms with Crippen LogP contribution < -0.4 is 5.32 Å². The van der Waals surface area contributed by atoms with Crippen molar-refractivity contribution < 1.29 is 14.4 Å². The molecule has 1 N–H and O–H groups in total. The largest absolute Gasteiger partial charge is 0.325 e. The lowest BCUT2D eigenvalue weighted by Crippen LogP contribution is -2.41. The van der Waals surface area contributed by atoms with Gasteiger partial charge in [-0.3, -0.25) is 14.5 Å². The maximum Gasteiger partial charge on any atom is 0.325 e. The second kappa shape index (κ2) is 7.21. The van der Waals surface area contributed by atoms with E-state index in [-0.39, 0.29) is 12.3 Å². The number of carbonyl (C=O) groups is 3. The molecule has 0 radical (unpaired) electrons. The second-order valence-corrected chi connectivity index (χ2v) is 7.96. The first-order valence-corrected chi connectivity index (χ1v) is 9.84. The molecule has 3 aromatic rings. The summed E-state index contributed by atoms with van der Waals surface area (Å²) in [5, 5.41) is 13.8. The fourth-order valence-electron chi connectivity index (χ4n) is 3.21. The van der Waals surface area contributed by atoms with E-state index in [4.69, 9.17) is 0 Å². The number of aryl methyl sites for hydroxylation is 1. The minimum absolute atomic E-state index is 0.259. The molecule has 1 aliphatic heterocycles. The molecule has 0 saturated carbocycles. The van der Waals surface area contributed by atoms with Gasteiger partial charge in [-0.25, -0.2) is 9.48 Å². The van der Waals surface area contributed by atoms with Crippen molar-refractivity contribution in [2.75, 3.05) is 6.54 Å². The molecule has 9 nitrogen and oxygen atoms in total. The maximum absolute atomic E-state index is 13.1. The SMILES string of the molecule is CCc1ccc(C(=O)CN2C(=O)N[C@](C)(c3cccc(-n4cnnn4)c3)C2=O)s1. The van der Waals surface area contributed by atoms with Gasteiger partial charge in [0, 0.05) is 4.88 Å². The van der Waals surface area contributed by atoms with E-state index in [0.717, 1.165) is 16.2 Å². The van der Waals surface area contributed by atoms with E-state index >= 15 is 0 Å². The van der Waals surface area contributed by atoms with Gasteiger partial charge in [-0.2, -0.15) is 0 Å². The van der Waals surface area contributed by atoms with Gasteiger partial charge in [0.05, 0.1) is 17.1 Å². The highest BCUT2D eigenvalue weighted by atomic mass is 32.1. The van der Waals surface area contributed by atoms with Crippen LogP contribution in [0.3, 0.4) is 0 Å². The molecule has 10 heteroatoms. The summed E-state index contributed by atoms with van der Waals surface area (Å²) in [7, 11) is 0. The summed E-state index contributed by atoms with van der Waals surface area (Å²) in [4.78, 5) is 40.8. The van der Waals surface area contributed by atoms with E-state index in [1.165, 1.54) is 22.3 Å². The molecule has 1 fully saturated rings. The van der Waals surface area contributed by atoms with Gasteiger partial charge in [0.25, 0.3) is 5.91 Å². The van der Waals surface area contributed by atoms with Crippen LogP contribution in [0.1, 0.15) is 34.0 Å². The minimum Gasteiger partial charge on any atom is -0.319 e. The fraction of sp³-hybridized carbons (Fsp3) is 0.263. The second-order valence-electron chi connectivity index (χ2n) is 6.79. The Kier molecular flexibility index (Phi) is 4.71. The molecule has 1 saturated heterocycles. The van der Waals surface area contributed by atoms with Crippen molar-refractivity contribution in [3.05, 3.63) is 58.0 Å². The number of hydrogen-bond acceptors (Lipinski definition) is 7. The number of urea groups is 1. The van der Waals surface area contributed by atoms with E-state index in [9.17, 15) is 14.4 Å². The van der Waals surface area contributed by atoms with Crippen LogP contribution in [0, 0.1) is 0 Å². The molecule has 0 spiro atoms. The average molecular weight is 410 g/mol. The molecule has 148 valence electrons. The van der Waals surface area contributed by atoms with Gasteiger partial charge in [-0.1, -0.05) is 19.1 Å². The average Bonchev–Trinajstić information content (AvgIpc) is 3.46. The number of aromatic nitrogens is 4.